The summed E-state index contributed by atoms with van der Waals surface area (Å²) in [5, 5.41) is 12.6. The van der Waals surface area contributed by atoms with Gasteiger partial charge < -0.3 is 14.9 Å². The second-order valence-electron chi connectivity index (χ2n) is 14.5. The van der Waals surface area contributed by atoms with Crippen molar-refractivity contribution in [3.63, 3.8) is 0 Å². The predicted molar refractivity (Wildman–Crippen MR) is 193 cm³/mol. The standard InChI is InChI=1S/C42H44N4O4/c1-44(25-27-7-14-37-31(23-27)26-46(42(37)50)38-17-18-39(48)43-41(38)49)32-19-21-45(22-20-32)33-11-8-29(9-12-33)40-35(28-5-3-2-4-6-28)15-10-30-24-34(47)13-16-36(30)40/h2-9,11-14,16,23-24,32,35,38,40,47H,10,15,17-22,25-26H2,1H3,(H,43,48,49)/t35-,38?,40+/m1/s1. The average molecular weight is 669 g/mol. The Balaban J connectivity index is 0.903. The number of aryl methyl sites for hydroxylation is 1. The first-order valence-corrected chi connectivity index (χ1v) is 18.0. The molecule has 0 bridgehead atoms. The first kappa shape index (κ1) is 32.3. The maximum atomic E-state index is 13.1. The van der Waals surface area contributed by atoms with Gasteiger partial charge in [-0.15, -0.1) is 0 Å². The quantitative estimate of drug-likeness (QED) is 0.231. The van der Waals surface area contributed by atoms with E-state index in [1.165, 1.54) is 27.9 Å². The molecule has 0 spiro atoms. The van der Waals surface area contributed by atoms with Gasteiger partial charge in [-0.25, -0.2) is 0 Å². The van der Waals surface area contributed by atoms with Crippen molar-refractivity contribution in [3.8, 4) is 5.75 Å². The van der Waals surface area contributed by atoms with Crippen LogP contribution in [0.3, 0.4) is 0 Å². The van der Waals surface area contributed by atoms with Crippen LogP contribution in [-0.2, 0) is 29.1 Å². The first-order valence-electron chi connectivity index (χ1n) is 18.0. The van der Waals surface area contributed by atoms with E-state index in [1.807, 2.05) is 24.3 Å². The fraction of sp³-hybridized carbons (Fsp3) is 0.357. The van der Waals surface area contributed by atoms with Gasteiger partial charge in [0, 0.05) is 55.8 Å². The summed E-state index contributed by atoms with van der Waals surface area (Å²) in [7, 11) is 2.19. The highest BCUT2D eigenvalue weighted by atomic mass is 16.3. The van der Waals surface area contributed by atoms with Gasteiger partial charge in [-0.1, -0.05) is 60.7 Å². The number of nitrogens with zero attached hydrogens (tertiary/aromatic N) is 3. The number of phenols is 1. The summed E-state index contributed by atoms with van der Waals surface area (Å²) in [6, 6.07) is 31.9. The molecule has 2 fully saturated rings. The molecule has 50 heavy (non-hydrogen) atoms. The summed E-state index contributed by atoms with van der Waals surface area (Å²) < 4.78 is 0. The highest BCUT2D eigenvalue weighted by Gasteiger charge is 2.39. The maximum Gasteiger partial charge on any atom is 0.255 e. The van der Waals surface area contributed by atoms with Gasteiger partial charge in [0.25, 0.3) is 5.91 Å². The third-order valence-corrected chi connectivity index (χ3v) is 11.5. The average Bonchev–Trinajstić information content (AvgIpc) is 3.46. The predicted octanol–water partition coefficient (Wildman–Crippen LogP) is 6.12. The molecular formula is C42H44N4O4. The molecule has 3 aliphatic heterocycles. The van der Waals surface area contributed by atoms with Gasteiger partial charge in [0.15, 0.2) is 0 Å². The number of amides is 3. The van der Waals surface area contributed by atoms with Crippen molar-refractivity contribution in [1.82, 2.24) is 15.1 Å². The normalized spacial score (nSPS) is 22.4. The van der Waals surface area contributed by atoms with Crippen LogP contribution in [0.15, 0.2) is 91.0 Å². The molecule has 1 aliphatic carbocycles. The van der Waals surface area contributed by atoms with Gasteiger partial charge in [0.1, 0.15) is 11.8 Å². The third kappa shape index (κ3) is 6.17. The monoisotopic (exact) mass is 668 g/mol. The second-order valence-corrected chi connectivity index (χ2v) is 14.5. The molecule has 0 saturated carbocycles. The van der Waals surface area contributed by atoms with E-state index in [1.54, 1.807) is 4.90 Å². The molecule has 256 valence electrons. The van der Waals surface area contributed by atoms with E-state index in [9.17, 15) is 19.5 Å². The minimum absolute atomic E-state index is 0.130. The fourth-order valence-electron chi connectivity index (χ4n) is 8.88. The largest absolute Gasteiger partial charge is 0.508 e. The molecule has 4 aromatic carbocycles. The van der Waals surface area contributed by atoms with E-state index in [2.05, 4.69) is 88.9 Å². The maximum absolute atomic E-state index is 13.1. The lowest BCUT2D eigenvalue weighted by Gasteiger charge is -2.38. The highest BCUT2D eigenvalue weighted by Crippen LogP contribution is 2.47. The highest BCUT2D eigenvalue weighted by molar-refractivity contribution is 6.05. The number of imide groups is 1. The number of hydrogen-bond acceptors (Lipinski definition) is 6. The Hall–Kier alpha value is -4.95. The first-order chi connectivity index (χ1) is 24.3. The van der Waals surface area contributed by atoms with E-state index in [-0.39, 0.29) is 30.1 Å². The Bertz CT molecular complexity index is 1920. The van der Waals surface area contributed by atoms with E-state index in [0.717, 1.165) is 56.4 Å². The van der Waals surface area contributed by atoms with E-state index in [4.69, 9.17) is 0 Å². The van der Waals surface area contributed by atoms with Crippen LogP contribution in [0.5, 0.6) is 5.75 Å². The van der Waals surface area contributed by atoms with Crippen LogP contribution < -0.4 is 10.2 Å². The molecule has 2 saturated heterocycles. The Kier molecular flexibility index (Phi) is 8.65. The summed E-state index contributed by atoms with van der Waals surface area (Å²) in [6.45, 7) is 3.18. The van der Waals surface area contributed by atoms with Crippen LogP contribution in [0.2, 0.25) is 0 Å². The SMILES string of the molecule is CN(Cc1ccc2c(c1)CN(C1CCC(=O)NC1=O)C2=O)C1CCN(c2ccc([C@@H]3c4ccc(O)cc4CC[C@@H]3c3ccccc3)cc2)CC1. The lowest BCUT2D eigenvalue weighted by Crippen LogP contribution is -2.52. The van der Waals surface area contributed by atoms with Gasteiger partial charge in [-0.05, 0) is 109 Å². The van der Waals surface area contributed by atoms with Crippen molar-refractivity contribution >= 4 is 23.4 Å². The molecule has 3 heterocycles. The Labute approximate surface area is 293 Å². The molecule has 1 unspecified atom stereocenters. The summed E-state index contributed by atoms with van der Waals surface area (Å²) in [5.41, 5.74) is 9.29. The molecule has 8 nitrogen and oxygen atoms in total. The minimum atomic E-state index is -0.592. The zero-order valence-electron chi connectivity index (χ0n) is 28.6. The van der Waals surface area contributed by atoms with Gasteiger partial charge >= 0.3 is 0 Å². The molecule has 8 heteroatoms. The number of phenolic OH excluding ortho intramolecular Hbond substituents is 1. The summed E-state index contributed by atoms with van der Waals surface area (Å²) in [4.78, 5) is 43.7. The molecular weight excluding hydrogens is 624 g/mol. The Morgan fingerprint density at radius 3 is 2.34 bits per heavy atom. The van der Waals surface area contributed by atoms with Crippen molar-refractivity contribution in [1.29, 1.82) is 0 Å². The summed E-state index contributed by atoms with van der Waals surface area (Å²) in [5.74, 6) is 0.194. The van der Waals surface area contributed by atoms with Crippen LogP contribution in [0.4, 0.5) is 5.69 Å². The van der Waals surface area contributed by atoms with E-state index < -0.39 is 6.04 Å². The molecule has 2 N–H and O–H groups in total. The van der Waals surface area contributed by atoms with Gasteiger partial charge in [0.2, 0.25) is 11.8 Å². The van der Waals surface area contributed by atoms with E-state index in [0.29, 0.717) is 36.2 Å². The third-order valence-electron chi connectivity index (χ3n) is 11.5. The van der Waals surface area contributed by atoms with Crippen LogP contribution in [0.25, 0.3) is 0 Å². The second kappa shape index (κ2) is 13.4. The molecule has 3 atom stereocenters. The van der Waals surface area contributed by atoms with Crippen molar-refractivity contribution in [2.45, 2.75) is 75.5 Å². The van der Waals surface area contributed by atoms with Gasteiger partial charge in [0.05, 0.1) is 0 Å². The smallest absolute Gasteiger partial charge is 0.255 e. The molecule has 8 rings (SSSR count). The zero-order chi connectivity index (χ0) is 34.4. The molecule has 3 amide bonds. The number of aromatic hydroxyl groups is 1. The lowest BCUT2D eigenvalue weighted by molar-refractivity contribution is -0.136. The van der Waals surface area contributed by atoms with Gasteiger partial charge in [-0.3, -0.25) is 24.6 Å². The molecule has 4 aliphatic rings. The minimum Gasteiger partial charge on any atom is -0.508 e. The van der Waals surface area contributed by atoms with Crippen molar-refractivity contribution in [3.05, 3.63) is 130 Å². The van der Waals surface area contributed by atoms with Crippen molar-refractivity contribution in [2.24, 2.45) is 0 Å². The number of anilines is 1. The van der Waals surface area contributed by atoms with Crippen LogP contribution >= 0.6 is 0 Å². The van der Waals surface area contributed by atoms with Crippen LogP contribution in [0, 0.1) is 0 Å². The molecule has 0 radical (unpaired) electrons. The number of benzene rings is 4. The molecule has 4 aromatic rings. The topological polar surface area (TPSA) is 93.2 Å². The Morgan fingerprint density at radius 2 is 1.58 bits per heavy atom. The number of carbonyl (C=O) groups is 3. The van der Waals surface area contributed by atoms with Gasteiger partial charge in [-0.2, -0.15) is 0 Å². The Morgan fingerprint density at radius 1 is 0.800 bits per heavy atom. The van der Waals surface area contributed by atoms with Crippen LogP contribution in [0.1, 0.15) is 87.7 Å². The number of carbonyl (C=O) groups excluding carboxylic acids is 3. The van der Waals surface area contributed by atoms with Crippen molar-refractivity contribution < 1.29 is 19.5 Å². The number of nitrogens with one attached hydrogen (secondary N) is 1. The van der Waals surface area contributed by atoms with Crippen molar-refractivity contribution in [2.75, 3.05) is 25.0 Å². The van der Waals surface area contributed by atoms with E-state index >= 15 is 0 Å². The van der Waals surface area contributed by atoms with Crippen LogP contribution in [-0.4, -0.2) is 64.8 Å². The zero-order valence-corrected chi connectivity index (χ0v) is 28.6. The summed E-state index contributed by atoms with van der Waals surface area (Å²) >= 11 is 0. The number of piperidine rings is 2. The fourth-order valence-corrected chi connectivity index (χ4v) is 8.88. The number of rotatable bonds is 7. The lowest BCUT2D eigenvalue weighted by atomic mass is 9.69. The number of fused-ring (bicyclic) bond motifs is 2. The molecule has 0 aromatic heterocycles. The summed E-state index contributed by atoms with van der Waals surface area (Å²) in [6.07, 6.45) is 4.79. The number of hydrogen-bond donors (Lipinski definition) is 2.